The lowest BCUT2D eigenvalue weighted by molar-refractivity contribution is -0.299. The minimum atomic E-state index is -1.54. The van der Waals surface area contributed by atoms with Crippen molar-refractivity contribution in [1.29, 1.82) is 0 Å². The van der Waals surface area contributed by atoms with Gasteiger partial charge in [0.2, 0.25) is 6.29 Å². The van der Waals surface area contributed by atoms with E-state index in [2.05, 4.69) is 6.58 Å². The smallest absolute Gasteiger partial charge is 0.309 e. The maximum absolute atomic E-state index is 12.1. The average molecular weight is 444 g/mol. The number of rotatable bonds is 7. The first-order valence-electron chi connectivity index (χ1n) is 10.5. The molecule has 5 N–H and O–H groups in total. The molecule has 2 fully saturated rings. The van der Waals surface area contributed by atoms with Crippen LogP contribution in [-0.4, -0.2) is 87.8 Å². The second-order valence-corrected chi connectivity index (χ2v) is 8.75. The lowest BCUT2D eigenvalue weighted by Crippen LogP contribution is -2.59. The number of fused-ring (bicyclic) bond motifs is 1. The minimum absolute atomic E-state index is 0.0729. The largest absolute Gasteiger partial charge is 0.462 e. The second kappa shape index (κ2) is 9.95. The minimum Gasteiger partial charge on any atom is -0.462 e. The number of carbonyl (C=O) groups is 1. The molecule has 1 saturated carbocycles. The van der Waals surface area contributed by atoms with Crippen LogP contribution in [0.15, 0.2) is 24.0 Å². The maximum Gasteiger partial charge on any atom is 0.309 e. The zero-order valence-electron chi connectivity index (χ0n) is 17.7. The highest BCUT2D eigenvalue weighted by atomic mass is 16.7. The molecule has 0 bridgehead atoms. The van der Waals surface area contributed by atoms with Gasteiger partial charge in [0.15, 0.2) is 6.29 Å². The fourth-order valence-electron chi connectivity index (χ4n) is 4.23. The van der Waals surface area contributed by atoms with Crippen LogP contribution >= 0.6 is 0 Å². The summed E-state index contributed by atoms with van der Waals surface area (Å²) in [5, 5.41) is 49.5. The third-order valence-electron chi connectivity index (χ3n) is 5.98. The van der Waals surface area contributed by atoms with Crippen LogP contribution in [0, 0.1) is 17.8 Å². The highest BCUT2D eigenvalue weighted by Crippen LogP contribution is 2.46. The first kappa shape index (κ1) is 24.1. The van der Waals surface area contributed by atoms with Gasteiger partial charge in [0.1, 0.15) is 24.4 Å². The molecule has 1 saturated heterocycles. The molecule has 2 aliphatic heterocycles. The summed E-state index contributed by atoms with van der Waals surface area (Å²) in [5.41, 5.74) is 1.14. The Hall–Kier alpha value is -1.53. The van der Waals surface area contributed by atoms with E-state index >= 15 is 0 Å². The molecule has 0 aromatic heterocycles. The van der Waals surface area contributed by atoms with Crippen LogP contribution < -0.4 is 0 Å². The van der Waals surface area contributed by atoms with Gasteiger partial charge in [-0.2, -0.15) is 0 Å². The van der Waals surface area contributed by atoms with Crippen LogP contribution in [0.2, 0.25) is 0 Å². The molecule has 2 heterocycles. The standard InChI is InChI=1S/C21H32O10/c1-9(2)4-15(24)31-20-16-10(3)13(23)5-12(16)11(7-28-20)8-29-21-19(27)18(26)17(25)14(6-22)30-21/h7,9,12-14,16-23,25-27H,3-6,8H2,1-2H3/t12-,13+,14-,16-,17-,18+,19+,20+,21-/m1/s1. The molecule has 3 aliphatic rings. The third-order valence-corrected chi connectivity index (χ3v) is 5.98. The SMILES string of the molecule is C=C1[C@H]2[C@H](OC(=O)CC(C)C)OC=C(CO[C@@H]3O[C@H](CO)[C@@H](O)[C@H](O)[C@@H]3O)[C@H]2C[C@@H]1O. The fourth-order valence-corrected chi connectivity index (χ4v) is 4.23. The molecule has 9 atom stereocenters. The summed E-state index contributed by atoms with van der Waals surface area (Å²) in [7, 11) is 0. The molecule has 0 unspecified atom stereocenters. The van der Waals surface area contributed by atoms with E-state index in [0.29, 0.717) is 17.6 Å². The normalized spacial score (nSPS) is 40.3. The summed E-state index contributed by atoms with van der Waals surface area (Å²) in [6.45, 7) is 7.10. The summed E-state index contributed by atoms with van der Waals surface area (Å²) < 4.78 is 22.1. The maximum atomic E-state index is 12.1. The summed E-state index contributed by atoms with van der Waals surface area (Å²) in [4.78, 5) is 12.1. The third kappa shape index (κ3) is 5.11. The van der Waals surface area contributed by atoms with Crippen molar-refractivity contribution < 1.29 is 49.3 Å². The highest BCUT2D eigenvalue weighted by molar-refractivity contribution is 5.69. The molecule has 0 radical (unpaired) electrons. The summed E-state index contributed by atoms with van der Waals surface area (Å²) in [5.74, 6) is -0.993. The first-order valence-corrected chi connectivity index (χ1v) is 10.5. The molecule has 0 aromatic rings. The van der Waals surface area contributed by atoms with Crippen molar-refractivity contribution in [3.8, 4) is 0 Å². The number of esters is 1. The molecular formula is C21H32O10. The average Bonchev–Trinajstić information content (AvgIpc) is 3.01. The predicted molar refractivity (Wildman–Crippen MR) is 105 cm³/mol. The Morgan fingerprint density at radius 1 is 1.19 bits per heavy atom. The van der Waals surface area contributed by atoms with Gasteiger partial charge >= 0.3 is 5.97 Å². The lowest BCUT2D eigenvalue weighted by Gasteiger charge is -2.40. The monoisotopic (exact) mass is 444 g/mol. The van der Waals surface area contributed by atoms with Crippen LogP contribution in [-0.2, 0) is 23.7 Å². The van der Waals surface area contributed by atoms with Crippen molar-refractivity contribution in [1.82, 2.24) is 0 Å². The van der Waals surface area contributed by atoms with Gasteiger partial charge in [0.25, 0.3) is 0 Å². The Morgan fingerprint density at radius 3 is 2.55 bits per heavy atom. The van der Waals surface area contributed by atoms with Gasteiger partial charge < -0.3 is 44.5 Å². The van der Waals surface area contributed by atoms with Gasteiger partial charge in [0, 0.05) is 12.3 Å². The number of carbonyl (C=O) groups excluding carboxylic acids is 1. The zero-order chi connectivity index (χ0) is 22.9. The van der Waals surface area contributed by atoms with Crippen LogP contribution in [0.1, 0.15) is 26.7 Å². The van der Waals surface area contributed by atoms with Crippen molar-refractivity contribution in [2.24, 2.45) is 17.8 Å². The molecule has 0 spiro atoms. The van der Waals surface area contributed by atoms with Crippen LogP contribution in [0.3, 0.4) is 0 Å². The quantitative estimate of drug-likeness (QED) is 0.249. The Bertz CT molecular complexity index is 690. The Kier molecular flexibility index (Phi) is 7.74. The number of ether oxygens (including phenoxy) is 4. The van der Waals surface area contributed by atoms with Crippen molar-refractivity contribution in [3.05, 3.63) is 24.0 Å². The van der Waals surface area contributed by atoms with Crippen molar-refractivity contribution in [2.45, 2.75) is 69.8 Å². The summed E-state index contributed by atoms with van der Waals surface area (Å²) >= 11 is 0. The Morgan fingerprint density at radius 2 is 1.90 bits per heavy atom. The van der Waals surface area contributed by atoms with Crippen LogP contribution in [0.25, 0.3) is 0 Å². The molecule has 1 aliphatic carbocycles. The second-order valence-electron chi connectivity index (χ2n) is 8.75. The Labute approximate surface area is 180 Å². The highest BCUT2D eigenvalue weighted by Gasteiger charge is 2.49. The fraction of sp³-hybridized carbons (Fsp3) is 0.762. The molecule has 176 valence electrons. The summed E-state index contributed by atoms with van der Waals surface area (Å²) in [6, 6.07) is 0. The topological polar surface area (TPSA) is 155 Å². The van der Waals surface area contributed by atoms with Crippen molar-refractivity contribution >= 4 is 5.97 Å². The number of hydrogen-bond donors (Lipinski definition) is 5. The van der Waals surface area contributed by atoms with Gasteiger partial charge in [0.05, 0.1) is 31.5 Å². The predicted octanol–water partition coefficient (Wildman–Crippen LogP) is -0.814. The first-order chi connectivity index (χ1) is 14.6. The van der Waals surface area contributed by atoms with E-state index < -0.39 is 61.6 Å². The Balaban J connectivity index is 1.68. The zero-order valence-corrected chi connectivity index (χ0v) is 17.7. The van der Waals surface area contributed by atoms with Gasteiger partial charge in [-0.1, -0.05) is 20.4 Å². The molecule has 3 rings (SSSR count). The van der Waals surface area contributed by atoms with Gasteiger partial charge in [-0.15, -0.1) is 0 Å². The summed E-state index contributed by atoms with van der Waals surface area (Å²) in [6.07, 6.45) is -6.61. The molecule has 10 heteroatoms. The van der Waals surface area contributed by atoms with E-state index in [1.54, 1.807) is 0 Å². The number of aliphatic hydroxyl groups excluding tert-OH is 5. The van der Waals surface area contributed by atoms with E-state index in [1.807, 2.05) is 13.8 Å². The van der Waals surface area contributed by atoms with E-state index in [1.165, 1.54) is 6.26 Å². The van der Waals surface area contributed by atoms with Crippen LogP contribution in [0.4, 0.5) is 0 Å². The van der Waals surface area contributed by atoms with E-state index in [4.69, 9.17) is 18.9 Å². The molecule has 10 nitrogen and oxygen atoms in total. The van der Waals surface area contributed by atoms with Crippen molar-refractivity contribution in [3.63, 3.8) is 0 Å². The van der Waals surface area contributed by atoms with Gasteiger partial charge in [-0.05, 0) is 23.5 Å². The molecule has 0 aromatic carbocycles. The van der Waals surface area contributed by atoms with Crippen molar-refractivity contribution in [2.75, 3.05) is 13.2 Å². The van der Waals surface area contributed by atoms with E-state index in [0.717, 1.165) is 0 Å². The van der Waals surface area contributed by atoms with Crippen LogP contribution in [0.5, 0.6) is 0 Å². The number of aliphatic hydroxyl groups is 5. The van der Waals surface area contributed by atoms with Gasteiger partial charge in [-0.25, -0.2) is 0 Å². The lowest BCUT2D eigenvalue weighted by atomic mass is 9.86. The molecule has 0 amide bonds. The number of hydrogen-bond acceptors (Lipinski definition) is 10. The molecule has 31 heavy (non-hydrogen) atoms. The van der Waals surface area contributed by atoms with Gasteiger partial charge in [-0.3, -0.25) is 4.79 Å². The molecular weight excluding hydrogens is 412 g/mol. The van der Waals surface area contributed by atoms with E-state index in [-0.39, 0.29) is 24.9 Å². The van der Waals surface area contributed by atoms with E-state index in [9.17, 15) is 30.3 Å².